The predicted molar refractivity (Wildman–Crippen MR) is 132 cm³/mol. The molecule has 33 heavy (non-hydrogen) atoms. The Kier molecular flexibility index (Phi) is 5.92. The van der Waals surface area contributed by atoms with E-state index in [-0.39, 0.29) is 6.03 Å². The standard InChI is InChI=1S/C26H25ClN4O2/c1-18-7-12-23-21(17-18)25(29-22-5-2-3-6-24(22)33-23)30-13-4-14-31(16-15-30)26(32)28-20-10-8-19(27)9-11-20/h2-3,5-12,17H,4,13-16H2,1H3,(H,28,32). The second kappa shape index (κ2) is 9.16. The van der Waals surface area contributed by atoms with Gasteiger partial charge < -0.3 is 19.9 Å². The fourth-order valence-corrected chi connectivity index (χ4v) is 4.27. The Hall–Kier alpha value is -3.51. The summed E-state index contributed by atoms with van der Waals surface area (Å²) in [6.45, 7) is 4.84. The SMILES string of the molecule is Cc1ccc2c(c1)C(N1CCCN(C(=O)Nc3ccc(Cl)cc3)CC1)=Nc1ccccc1O2. The van der Waals surface area contributed by atoms with Crippen molar-refractivity contribution in [2.45, 2.75) is 13.3 Å². The molecule has 0 saturated carbocycles. The van der Waals surface area contributed by atoms with E-state index < -0.39 is 0 Å². The van der Waals surface area contributed by atoms with Gasteiger partial charge >= 0.3 is 6.03 Å². The molecular formula is C26H25ClN4O2. The molecule has 0 aromatic heterocycles. The van der Waals surface area contributed by atoms with Crippen LogP contribution in [0.2, 0.25) is 5.02 Å². The van der Waals surface area contributed by atoms with Crippen molar-refractivity contribution < 1.29 is 9.53 Å². The molecule has 1 saturated heterocycles. The Balaban J connectivity index is 1.38. The summed E-state index contributed by atoms with van der Waals surface area (Å²) in [7, 11) is 0. The van der Waals surface area contributed by atoms with Gasteiger partial charge in [-0.25, -0.2) is 9.79 Å². The quantitative estimate of drug-likeness (QED) is 0.479. The molecule has 2 amide bonds. The summed E-state index contributed by atoms with van der Waals surface area (Å²) in [5.41, 5.74) is 3.67. The van der Waals surface area contributed by atoms with E-state index in [0.717, 1.165) is 52.8 Å². The number of fused-ring (bicyclic) bond motifs is 2. The summed E-state index contributed by atoms with van der Waals surface area (Å²) in [6.07, 6.45) is 0.844. The maximum absolute atomic E-state index is 12.9. The molecule has 5 rings (SSSR count). The number of anilines is 1. The Morgan fingerprint density at radius 1 is 0.970 bits per heavy atom. The van der Waals surface area contributed by atoms with Gasteiger partial charge in [-0.2, -0.15) is 0 Å². The highest BCUT2D eigenvalue weighted by Gasteiger charge is 2.26. The zero-order valence-electron chi connectivity index (χ0n) is 18.4. The van der Waals surface area contributed by atoms with Gasteiger partial charge in [0, 0.05) is 36.9 Å². The molecule has 2 aliphatic heterocycles. The number of nitrogens with one attached hydrogen (secondary N) is 1. The molecule has 0 unspecified atom stereocenters. The Labute approximate surface area is 198 Å². The third-order valence-electron chi connectivity index (χ3n) is 5.87. The number of aryl methyl sites for hydroxylation is 1. The van der Waals surface area contributed by atoms with Crippen LogP contribution in [0.5, 0.6) is 11.5 Å². The van der Waals surface area contributed by atoms with E-state index in [9.17, 15) is 4.79 Å². The second-order valence-electron chi connectivity index (χ2n) is 8.27. The number of urea groups is 1. The number of benzene rings is 3. The van der Waals surface area contributed by atoms with Crippen LogP contribution in [0.4, 0.5) is 16.2 Å². The van der Waals surface area contributed by atoms with Crippen LogP contribution < -0.4 is 10.1 Å². The fourth-order valence-electron chi connectivity index (χ4n) is 4.15. The van der Waals surface area contributed by atoms with Crippen LogP contribution in [0.15, 0.2) is 71.7 Å². The lowest BCUT2D eigenvalue weighted by Gasteiger charge is -2.25. The molecule has 2 heterocycles. The average Bonchev–Trinajstić information content (AvgIpc) is 3.15. The first-order chi connectivity index (χ1) is 16.1. The van der Waals surface area contributed by atoms with E-state index in [4.69, 9.17) is 21.3 Å². The zero-order chi connectivity index (χ0) is 22.8. The molecule has 1 fully saturated rings. The van der Waals surface area contributed by atoms with Crippen LogP contribution in [0.1, 0.15) is 17.5 Å². The molecule has 1 N–H and O–H groups in total. The minimum Gasteiger partial charge on any atom is -0.454 e. The van der Waals surface area contributed by atoms with Crippen molar-refractivity contribution in [1.29, 1.82) is 0 Å². The van der Waals surface area contributed by atoms with E-state index in [2.05, 4.69) is 29.3 Å². The molecule has 3 aromatic carbocycles. The maximum atomic E-state index is 12.9. The average molecular weight is 461 g/mol. The lowest BCUT2D eigenvalue weighted by atomic mass is 10.1. The predicted octanol–water partition coefficient (Wildman–Crippen LogP) is 6.07. The number of carbonyl (C=O) groups excluding carboxylic acids is 1. The monoisotopic (exact) mass is 460 g/mol. The molecule has 7 heteroatoms. The van der Waals surface area contributed by atoms with E-state index in [1.807, 2.05) is 35.2 Å². The summed E-state index contributed by atoms with van der Waals surface area (Å²) in [6, 6.07) is 21.1. The van der Waals surface area contributed by atoms with Gasteiger partial charge in [0.2, 0.25) is 0 Å². The van der Waals surface area contributed by atoms with E-state index in [1.165, 1.54) is 0 Å². The molecule has 0 spiro atoms. The molecule has 0 aliphatic carbocycles. The Morgan fingerprint density at radius 3 is 2.64 bits per heavy atom. The molecule has 0 radical (unpaired) electrons. The van der Waals surface area contributed by atoms with Gasteiger partial charge in [-0.05, 0) is 61.9 Å². The topological polar surface area (TPSA) is 57.2 Å². The summed E-state index contributed by atoms with van der Waals surface area (Å²) < 4.78 is 6.22. The summed E-state index contributed by atoms with van der Waals surface area (Å²) in [5, 5.41) is 3.61. The molecule has 0 bridgehead atoms. The highest BCUT2D eigenvalue weighted by Crippen LogP contribution is 2.38. The van der Waals surface area contributed by atoms with Crippen LogP contribution in [0.25, 0.3) is 0 Å². The van der Waals surface area contributed by atoms with Gasteiger partial charge in [-0.1, -0.05) is 35.4 Å². The van der Waals surface area contributed by atoms with Crippen LogP contribution >= 0.6 is 11.6 Å². The normalized spacial score (nSPS) is 15.4. The van der Waals surface area contributed by atoms with Crippen molar-refractivity contribution >= 4 is 34.8 Å². The number of amides is 2. The van der Waals surface area contributed by atoms with Crippen molar-refractivity contribution in [3.63, 3.8) is 0 Å². The smallest absolute Gasteiger partial charge is 0.321 e. The van der Waals surface area contributed by atoms with Gasteiger partial charge in [0.15, 0.2) is 5.75 Å². The number of nitrogens with zero attached hydrogens (tertiary/aromatic N) is 3. The molecule has 0 atom stereocenters. The lowest BCUT2D eigenvalue weighted by Crippen LogP contribution is -2.39. The fraction of sp³-hybridized carbons (Fsp3) is 0.231. The summed E-state index contributed by atoms with van der Waals surface area (Å²) in [4.78, 5) is 22.0. The molecule has 6 nitrogen and oxygen atoms in total. The van der Waals surface area contributed by atoms with Crippen molar-refractivity contribution in [1.82, 2.24) is 9.80 Å². The first kappa shape index (κ1) is 21.3. The minimum atomic E-state index is -0.105. The minimum absolute atomic E-state index is 0.105. The highest BCUT2D eigenvalue weighted by molar-refractivity contribution is 6.30. The summed E-state index contributed by atoms with van der Waals surface area (Å²) in [5.74, 6) is 2.43. The number of halogens is 1. The van der Waals surface area contributed by atoms with Gasteiger partial charge in [-0.3, -0.25) is 0 Å². The molecule has 3 aromatic rings. The summed E-state index contributed by atoms with van der Waals surface area (Å²) >= 11 is 5.95. The number of ether oxygens (including phenoxy) is 1. The number of hydrogen-bond acceptors (Lipinski definition) is 4. The van der Waals surface area contributed by atoms with Gasteiger partial charge in [0.1, 0.15) is 17.3 Å². The number of amidine groups is 1. The van der Waals surface area contributed by atoms with Gasteiger partial charge in [-0.15, -0.1) is 0 Å². The molecule has 2 aliphatic rings. The van der Waals surface area contributed by atoms with Crippen molar-refractivity contribution in [2.24, 2.45) is 4.99 Å². The first-order valence-corrected chi connectivity index (χ1v) is 11.5. The maximum Gasteiger partial charge on any atom is 0.321 e. The third kappa shape index (κ3) is 4.66. The number of para-hydroxylation sites is 2. The van der Waals surface area contributed by atoms with Crippen molar-refractivity contribution in [2.75, 3.05) is 31.5 Å². The van der Waals surface area contributed by atoms with Crippen LogP contribution in [0, 0.1) is 6.92 Å². The third-order valence-corrected chi connectivity index (χ3v) is 6.12. The number of hydrogen-bond donors (Lipinski definition) is 1. The lowest BCUT2D eigenvalue weighted by molar-refractivity contribution is 0.214. The van der Waals surface area contributed by atoms with E-state index >= 15 is 0 Å². The largest absolute Gasteiger partial charge is 0.454 e. The number of rotatable bonds is 1. The Morgan fingerprint density at radius 2 is 1.79 bits per heavy atom. The van der Waals surface area contributed by atoms with Crippen LogP contribution in [-0.2, 0) is 0 Å². The first-order valence-electron chi connectivity index (χ1n) is 11.1. The van der Waals surface area contributed by atoms with Crippen molar-refractivity contribution in [3.05, 3.63) is 82.9 Å². The number of carbonyl (C=O) groups is 1. The van der Waals surface area contributed by atoms with Crippen molar-refractivity contribution in [3.8, 4) is 11.5 Å². The molecular weight excluding hydrogens is 436 g/mol. The molecule has 168 valence electrons. The van der Waals surface area contributed by atoms with Gasteiger partial charge in [0.05, 0.1) is 5.56 Å². The highest BCUT2D eigenvalue weighted by atomic mass is 35.5. The van der Waals surface area contributed by atoms with Crippen LogP contribution in [0.3, 0.4) is 0 Å². The van der Waals surface area contributed by atoms with E-state index in [0.29, 0.717) is 24.7 Å². The zero-order valence-corrected chi connectivity index (χ0v) is 19.2. The second-order valence-corrected chi connectivity index (χ2v) is 8.71. The van der Waals surface area contributed by atoms with E-state index in [1.54, 1.807) is 24.3 Å². The Bertz CT molecular complexity index is 1210. The number of aliphatic imine (C=N–C) groups is 1. The van der Waals surface area contributed by atoms with Crippen LogP contribution in [-0.4, -0.2) is 47.8 Å². The van der Waals surface area contributed by atoms with Gasteiger partial charge in [0.25, 0.3) is 0 Å².